The van der Waals surface area contributed by atoms with E-state index in [9.17, 15) is 17.6 Å². The Morgan fingerprint density at radius 2 is 1.55 bits per heavy atom. The van der Waals surface area contributed by atoms with Crippen LogP contribution in [0, 0.1) is 12.7 Å². The first kappa shape index (κ1) is 20.5. The number of carbonyl (C=O) groups excluding carboxylic acids is 1. The number of halogens is 1. The number of amides is 1. The highest BCUT2D eigenvalue weighted by atomic mass is 32.2. The third kappa shape index (κ3) is 5.20. The Kier molecular flexibility index (Phi) is 6.29. The van der Waals surface area contributed by atoms with Gasteiger partial charge in [0.2, 0.25) is 5.91 Å². The van der Waals surface area contributed by atoms with Crippen LogP contribution in [0.1, 0.15) is 12.0 Å². The molecule has 7 heteroatoms. The molecule has 0 saturated carbocycles. The molecule has 0 bridgehead atoms. The van der Waals surface area contributed by atoms with Gasteiger partial charge in [0.1, 0.15) is 5.82 Å². The van der Waals surface area contributed by atoms with Crippen LogP contribution >= 0.6 is 0 Å². The molecule has 0 aromatic heterocycles. The highest BCUT2D eigenvalue weighted by molar-refractivity contribution is 7.92. The smallest absolute Gasteiger partial charge is 0.264 e. The fourth-order valence-corrected chi connectivity index (χ4v) is 4.27. The maximum absolute atomic E-state index is 13.2. The molecule has 1 amide bonds. The number of hydrogen-bond acceptors (Lipinski definition) is 3. The van der Waals surface area contributed by atoms with Crippen LogP contribution in [0.4, 0.5) is 15.8 Å². The van der Waals surface area contributed by atoms with Crippen molar-refractivity contribution < 1.29 is 17.6 Å². The van der Waals surface area contributed by atoms with Crippen LogP contribution in [-0.2, 0) is 14.8 Å². The fourth-order valence-electron chi connectivity index (χ4n) is 2.78. The predicted octanol–water partition coefficient (Wildman–Crippen LogP) is 4.36. The van der Waals surface area contributed by atoms with Crippen LogP contribution in [0.3, 0.4) is 0 Å². The molecular weight excluding hydrogens is 391 g/mol. The molecule has 3 aromatic carbocycles. The maximum Gasteiger partial charge on any atom is 0.264 e. The molecule has 0 radical (unpaired) electrons. The molecule has 0 fully saturated rings. The summed E-state index contributed by atoms with van der Waals surface area (Å²) < 4.78 is 40.6. The molecular formula is C22H21FN2O3S. The Bertz CT molecular complexity index is 1070. The number of anilines is 2. The average Bonchev–Trinajstić information content (AvgIpc) is 2.72. The van der Waals surface area contributed by atoms with Crippen LogP contribution in [0.2, 0.25) is 0 Å². The zero-order valence-corrected chi connectivity index (χ0v) is 16.7. The molecule has 3 aromatic rings. The highest BCUT2D eigenvalue weighted by Crippen LogP contribution is 2.24. The third-order valence-electron chi connectivity index (χ3n) is 4.32. The minimum absolute atomic E-state index is 0.0344. The van der Waals surface area contributed by atoms with E-state index in [0.717, 1.165) is 5.56 Å². The lowest BCUT2D eigenvalue weighted by Crippen LogP contribution is -2.34. The van der Waals surface area contributed by atoms with Gasteiger partial charge in [-0.2, -0.15) is 0 Å². The summed E-state index contributed by atoms with van der Waals surface area (Å²) in [5.41, 5.74) is 1.93. The molecule has 150 valence electrons. The van der Waals surface area contributed by atoms with Crippen LogP contribution in [0.5, 0.6) is 0 Å². The lowest BCUT2D eigenvalue weighted by molar-refractivity contribution is -0.116. The predicted molar refractivity (Wildman–Crippen MR) is 112 cm³/mol. The van der Waals surface area contributed by atoms with Crippen molar-refractivity contribution in [2.45, 2.75) is 18.2 Å². The Labute approximate surface area is 169 Å². The van der Waals surface area contributed by atoms with E-state index in [1.165, 1.54) is 40.7 Å². The zero-order valence-electron chi connectivity index (χ0n) is 15.9. The van der Waals surface area contributed by atoms with Crippen molar-refractivity contribution in [3.8, 4) is 0 Å². The van der Waals surface area contributed by atoms with Gasteiger partial charge < -0.3 is 5.32 Å². The molecule has 0 aliphatic heterocycles. The lowest BCUT2D eigenvalue weighted by Gasteiger charge is -2.24. The number of rotatable bonds is 7. The fraction of sp³-hybridized carbons (Fsp3) is 0.136. The van der Waals surface area contributed by atoms with Gasteiger partial charge in [-0.25, -0.2) is 12.8 Å². The van der Waals surface area contributed by atoms with Crippen molar-refractivity contribution in [3.63, 3.8) is 0 Å². The summed E-state index contributed by atoms with van der Waals surface area (Å²) >= 11 is 0. The van der Waals surface area contributed by atoms with E-state index in [4.69, 9.17) is 0 Å². The third-order valence-corrected chi connectivity index (χ3v) is 6.16. The molecule has 29 heavy (non-hydrogen) atoms. The Balaban J connectivity index is 1.81. The SMILES string of the molecule is Cc1ccc(N(CCC(=O)Nc2ccc(F)cc2)S(=O)(=O)c2ccccc2)cc1. The van der Waals surface area contributed by atoms with E-state index in [0.29, 0.717) is 11.4 Å². The number of benzene rings is 3. The first-order chi connectivity index (χ1) is 13.9. The van der Waals surface area contributed by atoms with Crippen LogP contribution in [0.25, 0.3) is 0 Å². The van der Waals surface area contributed by atoms with Crippen molar-refractivity contribution in [3.05, 3.63) is 90.2 Å². The number of nitrogens with zero attached hydrogens (tertiary/aromatic N) is 1. The summed E-state index contributed by atoms with van der Waals surface area (Å²) in [6.45, 7) is 1.88. The van der Waals surface area contributed by atoms with Gasteiger partial charge in [-0.1, -0.05) is 35.9 Å². The molecule has 1 N–H and O–H groups in total. The van der Waals surface area contributed by atoms with Crippen molar-refractivity contribution in [1.82, 2.24) is 0 Å². The number of hydrogen-bond donors (Lipinski definition) is 1. The molecule has 0 aliphatic carbocycles. The van der Waals surface area contributed by atoms with Gasteiger partial charge in [-0.15, -0.1) is 0 Å². The van der Waals surface area contributed by atoms with Gasteiger partial charge in [0, 0.05) is 18.7 Å². The molecule has 3 rings (SSSR count). The van der Waals surface area contributed by atoms with E-state index in [1.807, 2.05) is 19.1 Å². The molecule has 0 saturated heterocycles. The van der Waals surface area contributed by atoms with Crippen molar-refractivity contribution >= 4 is 27.3 Å². The first-order valence-corrected chi connectivity index (χ1v) is 10.5. The first-order valence-electron chi connectivity index (χ1n) is 9.06. The zero-order chi connectivity index (χ0) is 20.9. The van der Waals surface area contributed by atoms with E-state index in [1.54, 1.807) is 30.3 Å². The van der Waals surface area contributed by atoms with E-state index >= 15 is 0 Å². The molecule has 5 nitrogen and oxygen atoms in total. The van der Waals surface area contributed by atoms with E-state index in [2.05, 4.69) is 5.32 Å². The topological polar surface area (TPSA) is 66.5 Å². The van der Waals surface area contributed by atoms with Crippen LogP contribution < -0.4 is 9.62 Å². The van der Waals surface area contributed by atoms with Crippen LogP contribution in [-0.4, -0.2) is 20.9 Å². The summed E-state index contributed by atoms with van der Waals surface area (Å²) in [5.74, 6) is -0.764. The molecule has 0 unspecified atom stereocenters. The monoisotopic (exact) mass is 412 g/mol. The summed E-state index contributed by atoms with van der Waals surface area (Å²) in [5, 5.41) is 2.65. The number of sulfonamides is 1. The molecule has 0 heterocycles. The number of carbonyl (C=O) groups is 1. The van der Waals surface area contributed by atoms with Gasteiger partial charge >= 0.3 is 0 Å². The van der Waals surface area contributed by atoms with Crippen LogP contribution in [0.15, 0.2) is 83.8 Å². The van der Waals surface area contributed by atoms with Gasteiger partial charge in [-0.3, -0.25) is 9.10 Å². The second kappa shape index (κ2) is 8.87. The average molecular weight is 412 g/mol. The van der Waals surface area contributed by atoms with Gasteiger partial charge in [0.15, 0.2) is 0 Å². The van der Waals surface area contributed by atoms with Gasteiger partial charge in [0.25, 0.3) is 10.0 Å². The van der Waals surface area contributed by atoms with Crippen molar-refractivity contribution in [2.24, 2.45) is 0 Å². The minimum Gasteiger partial charge on any atom is -0.326 e. The van der Waals surface area contributed by atoms with Gasteiger partial charge in [-0.05, 0) is 55.5 Å². The number of nitrogens with one attached hydrogen (secondary N) is 1. The molecule has 0 atom stereocenters. The largest absolute Gasteiger partial charge is 0.326 e. The second-order valence-electron chi connectivity index (χ2n) is 6.53. The highest BCUT2D eigenvalue weighted by Gasteiger charge is 2.25. The lowest BCUT2D eigenvalue weighted by atomic mass is 10.2. The normalized spacial score (nSPS) is 11.1. The second-order valence-corrected chi connectivity index (χ2v) is 8.39. The number of aryl methyl sites for hydroxylation is 1. The van der Waals surface area contributed by atoms with Gasteiger partial charge in [0.05, 0.1) is 10.6 Å². The summed E-state index contributed by atoms with van der Waals surface area (Å²) in [6.07, 6.45) is -0.0582. The Morgan fingerprint density at radius 1 is 0.931 bits per heavy atom. The summed E-state index contributed by atoms with van der Waals surface area (Å²) in [6, 6.07) is 20.6. The molecule has 0 aliphatic rings. The summed E-state index contributed by atoms with van der Waals surface area (Å²) in [7, 11) is -3.84. The molecule has 0 spiro atoms. The standard InChI is InChI=1S/C22H21FN2O3S/c1-17-7-13-20(14-8-17)25(29(27,28)21-5-3-2-4-6-21)16-15-22(26)24-19-11-9-18(23)10-12-19/h2-14H,15-16H2,1H3,(H,24,26). The quantitative estimate of drug-likeness (QED) is 0.627. The van der Waals surface area contributed by atoms with Crippen molar-refractivity contribution in [1.29, 1.82) is 0 Å². The Hall–Kier alpha value is -3.19. The summed E-state index contributed by atoms with van der Waals surface area (Å²) in [4.78, 5) is 12.5. The van der Waals surface area contributed by atoms with E-state index < -0.39 is 15.8 Å². The maximum atomic E-state index is 13.2. The Morgan fingerprint density at radius 3 is 2.17 bits per heavy atom. The minimum atomic E-state index is -3.84. The van der Waals surface area contributed by atoms with Crippen molar-refractivity contribution in [2.75, 3.05) is 16.2 Å². The van der Waals surface area contributed by atoms with E-state index in [-0.39, 0.29) is 23.8 Å².